The highest BCUT2D eigenvalue weighted by atomic mass is 19.4. The lowest BCUT2D eigenvalue weighted by Gasteiger charge is -2.38. The van der Waals surface area contributed by atoms with Gasteiger partial charge in [-0.05, 0) is 41.9 Å². The van der Waals surface area contributed by atoms with Crippen LogP contribution in [0.5, 0.6) is 0 Å². The molecule has 11 heteroatoms. The van der Waals surface area contributed by atoms with E-state index < -0.39 is 17.6 Å². The van der Waals surface area contributed by atoms with E-state index in [1.165, 1.54) is 0 Å². The standard InChI is InChI=1S/C16H15F4N7/c17-11-6-9(16(18,19)20)7-12-13(11)27-15(22-23-24-27)14(21-12)26-5-4-25-3-1-2-10(25)8-26/h6-7,10H,1-5,8H2. The molecule has 0 bridgehead atoms. The summed E-state index contributed by atoms with van der Waals surface area (Å²) in [6.07, 6.45) is -2.47. The number of fused-ring (bicyclic) bond motifs is 4. The number of aromatic nitrogens is 5. The number of halogens is 4. The van der Waals surface area contributed by atoms with Gasteiger partial charge in [0.15, 0.2) is 11.6 Å². The predicted molar refractivity (Wildman–Crippen MR) is 87.9 cm³/mol. The van der Waals surface area contributed by atoms with Crippen molar-refractivity contribution in [2.45, 2.75) is 25.1 Å². The monoisotopic (exact) mass is 381 g/mol. The maximum Gasteiger partial charge on any atom is 0.416 e. The molecule has 2 fully saturated rings. The Morgan fingerprint density at radius 2 is 1.96 bits per heavy atom. The van der Waals surface area contributed by atoms with Crippen LogP contribution in [0, 0.1) is 5.82 Å². The van der Waals surface area contributed by atoms with Crippen molar-refractivity contribution in [2.24, 2.45) is 0 Å². The quantitative estimate of drug-likeness (QED) is 0.602. The number of hydrogen-bond acceptors (Lipinski definition) is 6. The molecule has 2 saturated heterocycles. The zero-order valence-electron chi connectivity index (χ0n) is 14.1. The molecule has 0 saturated carbocycles. The van der Waals surface area contributed by atoms with E-state index in [4.69, 9.17) is 0 Å². The Kier molecular flexibility index (Phi) is 3.51. The summed E-state index contributed by atoms with van der Waals surface area (Å²) in [6.45, 7) is 3.27. The van der Waals surface area contributed by atoms with E-state index in [0.717, 1.165) is 36.5 Å². The van der Waals surface area contributed by atoms with E-state index in [9.17, 15) is 17.6 Å². The number of hydrogen-bond donors (Lipinski definition) is 0. The summed E-state index contributed by atoms with van der Waals surface area (Å²) < 4.78 is 54.9. The van der Waals surface area contributed by atoms with Crippen LogP contribution in [0.4, 0.5) is 23.4 Å². The third-order valence-electron chi connectivity index (χ3n) is 5.37. The van der Waals surface area contributed by atoms with Crippen molar-refractivity contribution < 1.29 is 17.6 Å². The van der Waals surface area contributed by atoms with E-state index in [0.29, 0.717) is 31.0 Å². The van der Waals surface area contributed by atoms with Crippen molar-refractivity contribution in [3.63, 3.8) is 0 Å². The van der Waals surface area contributed by atoms with E-state index in [1.54, 1.807) is 0 Å². The molecule has 1 atom stereocenters. The Balaban J connectivity index is 1.68. The van der Waals surface area contributed by atoms with E-state index in [1.807, 2.05) is 4.90 Å². The minimum absolute atomic E-state index is 0.119. The van der Waals surface area contributed by atoms with Gasteiger partial charge in [0.25, 0.3) is 0 Å². The molecule has 0 N–H and O–H groups in total. The summed E-state index contributed by atoms with van der Waals surface area (Å²) >= 11 is 0. The second-order valence-electron chi connectivity index (χ2n) is 6.95. The van der Waals surface area contributed by atoms with Crippen LogP contribution in [0.2, 0.25) is 0 Å². The van der Waals surface area contributed by atoms with Crippen LogP contribution >= 0.6 is 0 Å². The van der Waals surface area contributed by atoms with Crippen molar-refractivity contribution in [3.05, 3.63) is 23.5 Å². The zero-order valence-corrected chi connectivity index (χ0v) is 14.1. The van der Waals surface area contributed by atoms with Gasteiger partial charge in [-0.1, -0.05) is 0 Å². The highest BCUT2D eigenvalue weighted by Gasteiger charge is 2.34. The molecule has 4 heterocycles. The molecule has 27 heavy (non-hydrogen) atoms. The molecule has 0 amide bonds. The molecule has 2 aliphatic heterocycles. The number of piperazine rings is 1. The molecule has 7 nitrogen and oxygen atoms in total. The summed E-state index contributed by atoms with van der Waals surface area (Å²) in [5, 5.41) is 11.3. The van der Waals surface area contributed by atoms with E-state index >= 15 is 0 Å². The maximum absolute atomic E-state index is 14.5. The molecule has 0 radical (unpaired) electrons. The summed E-state index contributed by atoms with van der Waals surface area (Å²) in [7, 11) is 0. The first-order valence-electron chi connectivity index (χ1n) is 8.69. The third kappa shape index (κ3) is 2.59. The van der Waals surface area contributed by atoms with Crippen LogP contribution < -0.4 is 4.90 Å². The van der Waals surface area contributed by atoms with Crippen LogP contribution in [-0.2, 0) is 6.18 Å². The summed E-state index contributed by atoms with van der Waals surface area (Å²) in [5.74, 6) is -0.672. The van der Waals surface area contributed by atoms with Gasteiger partial charge < -0.3 is 4.90 Å². The molecule has 3 aromatic rings. The highest BCUT2D eigenvalue weighted by Crippen LogP contribution is 2.34. The summed E-state index contributed by atoms with van der Waals surface area (Å²) in [6, 6.07) is 1.67. The number of tetrazole rings is 1. The number of rotatable bonds is 1. The Hall–Kier alpha value is -2.56. The second-order valence-corrected chi connectivity index (χ2v) is 6.95. The summed E-state index contributed by atoms with van der Waals surface area (Å²) in [5.41, 5.74) is -1.12. The van der Waals surface area contributed by atoms with Gasteiger partial charge in [0.1, 0.15) is 5.52 Å². The number of anilines is 1. The maximum atomic E-state index is 14.5. The van der Waals surface area contributed by atoms with Gasteiger partial charge in [0.05, 0.1) is 11.1 Å². The largest absolute Gasteiger partial charge is 0.416 e. The van der Waals surface area contributed by atoms with Crippen LogP contribution in [0.25, 0.3) is 16.7 Å². The highest BCUT2D eigenvalue weighted by molar-refractivity contribution is 5.83. The molecule has 5 rings (SSSR count). The SMILES string of the molecule is Fc1cc(C(F)(F)F)cc2nc(N3CCN4CCCC4C3)c3nnnn3c12. The molecule has 1 aromatic carbocycles. The second kappa shape index (κ2) is 5.72. The van der Waals surface area contributed by atoms with Gasteiger partial charge in [-0.2, -0.15) is 17.7 Å². The number of benzene rings is 1. The van der Waals surface area contributed by atoms with Gasteiger partial charge in [-0.25, -0.2) is 9.37 Å². The lowest BCUT2D eigenvalue weighted by molar-refractivity contribution is -0.137. The Morgan fingerprint density at radius 3 is 2.78 bits per heavy atom. The Labute approximate surface area is 150 Å². The fourth-order valence-corrected chi connectivity index (χ4v) is 4.08. The third-order valence-corrected chi connectivity index (χ3v) is 5.37. The average Bonchev–Trinajstić information content (AvgIpc) is 3.28. The molecular formula is C16H15F4N7. The lowest BCUT2D eigenvalue weighted by Crippen LogP contribution is -2.50. The van der Waals surface area contributed by atoms with Crippen LogP contribution in [-0.4, -0.2) is 62.1 Å². The minimum Gasteiger partial charge on any atom is -0.351 e. The normalized spacial score (nSPS) is 21.3. The van der Waals surface area contributed by atoms with Gasteiger partial charge in [-0.3, -0.25) is 4.90 Å². The van der Waals surface area contributed by atoms with Gasteiger partial charge in [0.2, 0.25) is 5.65 Å². The molecular weight excluding hydrogens is 366 g/mol. The first-order valence-corrected chi connectivity index (χ1v) is 8.69. The number of nitrogens with zero attached hydrogens (tertiary/aromatic N) is 7. The van der Waals surface area contributed by atoms with Gasteiger partial charge in [-0.15, -0.1) is 5.10 Å². The Bertz CT molecular complexity index is 1030. The minimum atomic E-state index is -4.66. The number of alkyl halides is 3. The van der Waals surface area contributed by atoms with Crippen molar-refractivity contribution in [1.29, 1.82) is 0 Å². The summed E-state index contributed by atoms with van der Waals surface area (Å²) in [4.78, 5) is 8.74. The molecule has 0 spiro atoms. The fourth-order valence-electron chi connectivity index (χ4n) is 4.08. The molecule has 142 valence electrons. The molecule has 2 aromatic heterocycles. The van der Waals surface area contributed by atoms with Crippen LogP contribution in [0.3, 0.4) is 0 Å². The van der Waals surface area contributed by atoms with Crippen molar-refractivity contribution in [1.82, 2.24) is 29.9 Å². The predicted octanol–water partition coefficient (Wildman–Crippen LogP) is 2.11. The van der Waals surface area contributed by atoms with E-state index in [-0.39, 0.29) is 16.7 Å². The van der Waals surface area contributed by atoms with Crippen LogP contribution in [0.15, 0.2) is 12.1 Å². The smallest absolute Gasteiger partial charge is 0.351 e. The van der Waals surface area contributed by atoms with E-state index in [2.05, 4.69) is 25.4 Å². The van der Waals surface area contributed by atoms with Crippen molar-refractivity contribution in [3.8, 4) is 0 Å². The molecule has 2 aliphatic rings. The average molecular weight is 381 g/mol. The fraction of sp³-hybridized carbons (Fsp3) is 0.500. The van der Waals surface area contributed by atoms with Crippen LogP contribution in [0.1, 0.15) is 18.4 Å². The van der Waals surface area contributed by atoms with Gasteiger partial charge >= 0.3 is 6.18 Å². The Morgan fingerprint density at radius 1 is 1.11 bits per heavy atom. The topological polar surface area (TPSA) is 62.5 Å². The molecule has 0 aliphatic carbocycles. The van der Waals surface area contributed by atoms with Crippen molar-refractivity contribution in [2.75, 3.05) is 31.1 Å². The molecule has 1 unspecified atom stereocenters. The lowest BCUT2D eigenvalue weighted by atomic mass is 10.1. The first kappa shape index (κ1) is 16.6. The van der Waals surface area contributed by atoms with Gasteiger partial charge in [0, 0.05) is 25.7 Å². The van der Waals surface area contributed by atoms with Crippen molar-refractivity contribution >= 4 is 22.5 Å². The first-order chi connectivity index (χ1) is 12.9. The zero-order chi connectivity index (χ0) is 18.8.